The summed E-state index contributed by atoms with van der Waals surface area (Å²) in [5.74, 6) is 0. The Morgan fingerprint density at radius 2 is 1.64 bits per heavy atom. The Morgan fingerprint density at radius 1 is 0.880 bits per heavy atom. The van der Waals surface area contributed by atoms with E-state index in [1.807, 2.05) is 6.20 Å². The molecule has 4 aromatic rings. The van der Waals surface area contributed by atoms with Gasteiger partial charge in [-0.25, -0.2) is 0 Å². The zero-order chi connectivity index (χ0) is 16.1. The maximum absolute atomic E-state index is 4.67. The number of rotatable bonds is 2. The van der Waals surface area contributed by atoms with Crippen LogP contribution in [0.1, 0.15) is 11.1 Å². The normalized spacial score (nSPS) is 11.2. The SMILES string of the molecule is Cc1ccc(C[n+]2ccc3ccnc4c3c2-c2ccccc2-4)cc1.[Br-]. The Morgan fingerprint density at radius 3 is 2.44 bits per heavy atom. The average molecular weight is 389 g/mol. The molecule has 1 aliphatic carbocycles. The number of pyridine rings is 2. The number of fused-ring (bicyclic) bond motifs is 3. The Kier molecular flexibility index (Phi) is 3.89. The van der Waals surface area contributed by atoms with Gasteiger partial charge in [0.05, 0.1) is 16.6 Å². The van der Waals surface area contributed by atoms with Crippen LogP contribution in [0.5, 0.6) is 0 Å². The minimum Gasteiger partial charge on any atom is -1.00 e. The fourth-order valence-corrected chi connectivity index (χ4v) is 3.66. The van der Waals surface area contributed by atoms with Crippen molar-refractivity contribution < 1.29 is 21.5 Å². The Balaban J connectivity index is 0.00000157. The molecule has 0 spiro atoms. The number of hydrogen-bond acceptors (Lipinski definition) is 1. The maximum Gasteiger partial charge on any atom is 0.223 e. The van der Waals surface area contributed by atoms with Crippen molar-refractivity contribution in [3.63, 3.8) is 0 Å². The van der Waals surface area contributed by atoms with Crippen LogP contribution >= 0.6 is 0 Å². The van der Waals surface area contributed by atoms with Gasteiger partial charge < -0.3 is 17.0 Å². The molecule has 0 bridgehead atoms. The van der Waals surface area contributed by atoms with Crippen LogP contribution in [0.4, 0.5) is 0 Å². The summed E-state index contributed by atoms with van der Waals surface area (Å²) in [6, 6.07) is 21.7. The molecule has 2 nitrogen and oxygen atoms in total. The van der Waals surface area contributed by atoms with Crippen molar-refractivity contribution in [1.82, 2.24) is 4.98 Å². The van der Waals surface area contributed by atoms with Crippen molar-refractivity contribution in [3.8, 4) is 22.5 Å². The monoisotopic (exact) mass is 388 g/mol. The van der Waals surface area contributed by atoms with Crippen molar-refractivity contribution in [2.45, 2.75) is 13.5 Å². The number of nitrogens with zero attached hydrogens (tertiary/aromatic N) is 2. The molecule has 0 fully saturated rings. The van der Waals surface area contributed by atoms with Crippen molar-refractivity contribution in [2.24, 2.45) is 0 Å². The van der Waals surface area contributed by atoms with Gasteiger partial charge in [-0.2, -0.15) is 4.57 Å². The second-order valence-electron chi connectivity index (χ2n) is 6.45. The van der Waals surface area contributed by atoms with Crippen molar-refractivity contribution in [3.05, 3.63) is 84.2 Å². The molecule has 0 radical (unpaired) electrons. The lowest BCUT2D eigenvalue weighted by Gasteiger charge is -2.05. The third-order valence-corrected chi connectivity index (χ3v) is 4.85. The van der Waals surface area contributed by atoms with Gasteiger partial charge in [-0.1, -0.05) is 48.0 Å². The van der Waals surface area contributed by atoms with Crippen molar-refractivity contribution in [1.29, 1.82) is 0 Å². The van der Waals surface area contributed by atoms with Gasteiger partial charge in [0.25, 0.3) is 0 Å². The second kappa shape index (κ2) is 6.08. The van der Waals surface area contributed by atoms with Gasteiger partial charge in [0.15, 0.2) is 12.7 Å². The van der Waals surface area contributed by atoms with E-state index in [0.29, 0.717) is 0 Å². The first-order chi connectivity index (χ1) is 11.8. The molecule has 5 rings (SSSR count). The predicted octanol–water partition coefficient (Wildman–Crippen LogP) is 1.53. The van der Waals surface area contributed by atoms with E-state index in [1.54, 1.807) is 0 Å². The highest BCUT2D eigenvalue weighted by Gasteiger charge is 2.30. The molecule has 122 valence electrons. The highest BCUT2D eigenvalue weighted by molar-refractivity contribution is 6.11. The fraction of sp³-hybridized carbons (Fsp3) is 0.0909. The molecule has 2 heterocycles. The smallest absolute Gasteiger partial charge is 0.223 e. The van der Waals surface area contributed by atoms with E-state index in [9.17, 15) is 0 Å². The van der Waals surface area contributed by atoms with Crippen molar-refractivity contribution in [2.75, 3.05) is 0 Å². The van der Waals surface area contributed by atoms with Gasteiger partial charge in [0, 0.05) is 23.4 Å². The number of aromatic nitrogens is 2. The third-order valence-electron chi connectivity index (χ3n) is 4.85. The lowest BCUT2D eigenvalue weighted by Crippen LogP contribution is -3.00. The highest BCUT2D eigenvalue weighted by Crippen LogP contribution is 2.43. The summed E-state index contributed by atoms with van der Waals surface area (Å²) >= 11 is 0. The number of aryl methyl sites for hydroxylation is 1. The van der Waals surface area contributed by atoms with Gasteiger partial charge in [0.1, 0.15) is 0 Å². The van der Waals surface area contributed by atoms with Crippen LogP contribution in [-0.4, -0.2) is 4.98 Å². The Labute approximate surface area is 157 Å². The van der Waals surface area contributed by atoms with Crippen LogP contribution in [0.3, 0.4) is 0 Å². The van der Waals surface area contributed by atoms with Gasteiger partial charge in [-0.05, 0) is 24.4 Å². The fourth-order valence-electron chi connectivity index (χ4n) is 3.66. The first-order valence-electron chi connectivity index (χ1n) is 8.28. The lowest BCUT2D eigenvalue weighted by atomic mass is 10.1. The number of hydrogen-bond donors (Lipinski definition) is 0. The molecule has 0 saturated heterocycles. The Bertz CT molecular complexity index is 1080. The summed E-state index contributed by atoms with van der Waals surface area (Å²) in [6.07, 6.45) is 4.11. The van der Waals surface area contributed by atoms with Crippen LogP contribution in [0.15, 0.2) is 73.1 Å². The molecule has 0 aliphatic heterocycles. The molecule has 25 heavy (non-hydrogen) atoms. The van der Waals surface area contributed by atoms with Crippen LogP contribution in [-0.2, 0) is 6.54 Å². The highest BCUT2D eigenvalue weighted by atomic mass is 79.9. The maximum atomic E-state index is 4.67. The van der Waals surface area contributed by atoms with Crippen LogP contribution in [0.25, 0.3) is 33.3 Å². The standard InChI is InChI=1S/C22H17N2.BrH/c1-15-6-8-16(9-7-15)14-24-13-11-17-10-12-23-21-18-4-2-3-5-19(18)22(24)20(17)21;/h2-13H,14H2,1H3;1H/q+1;/p-1. The second-order valence-corrected chi connectivity index (χ2v) is 6.45. The summed E-state index contributed by atoms with van der Waals surface area (Å²) in [6.45, 7) is 2.99. The lowest BCUT2D eigenvalue weighted by molar-refractivity contribution is -0.676. The number of halogens is 1. The van der Waals surface area contributed by atoms with Crippen molar-refractivity contribution >= 4 is 10.8 Å². The first kappa shape index (κ1) is 16.0. The van der Waals surface area contributed by atoms with E-state index in [0.717, 1.165) is 12.2 Å². The van der Waals surface area contributed by atoms with E-state index in [1.165, 1.54) is 38.7 Å². The minimum absolute atomic E-state index is 0. The molecular weight excluding hydrogens is 372 g/mol. The summed E-state index contributed by atoms with van der Waals surface area (Å²) in [5.41, 5.74) is 7.52. The van der Waals surface area contributed by atoms with Gasteiger partial charge in [-0.3, -0.25) is 4.98 Å². The zero-order valence-corrected chi connectivity index (χ0v) is 15.5. The summed E-state index contributed by atoms with van der Waals surface area (Å²) in [7, 11) is 0. The van der Waals surface area contributed by atoms with E-state index < -0.39 is 0 Å². The average Bonchev–Trinajstić information content (AvgIpc) is 2.96. The quantitative estimate of drug-likeness (QED) is 0.419. The molecule has 2 aromatic heterocycles. The topological polar surface area (TPSA) is 16.8 Å². The van der Waals surface area contributed by atoms with Gasteiger partial charge in [0.2, 0.25) is 5.69 Å². The van der Waals surface area contributed by atoms with E-state index in [2.05, 4.69) is 83.3 Å². The van der Waals surface area contributed by atoms with E-state index >= 15 is 0 Å². The molecular formula is C22H17BrN2. The predicted molar refractivity (Wildman–Crippen MR) is 96.6 cm³/mol. The molecule has 1 aliphatic rings. The summed E-state index contributed by atoms with van der Waals surface area (Å²) < 4.78 is 2.35. The zero-order valence-electron chi connectivity index (χ0n) is 13.9. The number of benzene rings is 2. The first-order valence-corrected chi connectivity index (χ1v) is 8.28. The van der Waals surface area contributed by atoms with Crippen LogP contribution in [0, 0.1) is 6.92 Å². The third kappa shape index (κ3) is 2.47. The summed E-state index contributed by atoms with van der Waals surface area (Å²) in [5, 5.41) is 2.53. The minimum atomic E-state index is 0. The van der Waals surface area contributed by atoms with Gasteiger partial charge >= 0.3 is 0 Å². The van der Waals surface area contributed by atoms with Crippen LogP contribution in [0.2, 0.25) is 0 Å². The van der Waals surface area contributed by atoms with Gasteiger partial charge in [-0.15, -0.1) is 0 Å². The molecule has 0 unspecified atom stereocenters. The Hall–Kier alpha value is -2.52. The molecule has 0 N–H and O–H groups in total. The molecule has 3 heteroatoms. The van der Waals surface area contributed by atoms with E-state index in [-0.39, 0.29) is 17.0 Å². The molecule has 2 aromatic carbocycles. The molecule has 0 atom stereocenters. The largest absolute Gasteiger partial charge is 1.00 e. The molecule has 0 saturated carbocycles. The van der Waals surface area contributed by atoms with Crippen LogP contribution < -0.4 is 21.5 Å². The summed E-state index contributed by atoms with van der Waals surface area (Å²) in [4.78, 5) is 4.67. The van der Waals surface area contributed by atoms with E-state index in [4.69, 9.17) is 0 Å². The molecule has 0 amide bonds.